The minimum Gasteiger partial charge on any atom is -0.475 e. The Kier molecular flexibility index (Phi) is 8.15. The summed E-state index contributed by atoms with van der Waals surface area (Å²) in [5.41, 5.74) is 0.584. The Labute approximate surface area is 124 Å². The van der Waals surface area contributed by atoms with Crippen molar-refractivity contribution in [3.05, 3.63) is 18.3 Å². The molecule has 3 N–H and O–H groups in total. The van der Waals surface area contributed by atoms with E-state index < -0.39 is 0 Å². The van der Waals surface area contributed by atoms with E-state index in [-0.39, 0.29) is 18.7 Å². The first-order valence-corrected chi connectivity index (χ1v) is 6.92. The van der Waals surface area contributed by atoms with Gasteiger partial charge in [-0.3, -0.25) is 0 Å². The van der Waals surface area contributed by atoms with Crippen LogP contribution >= 0.6 is 0 Å². The first-order chi connectivity index (χ1) is 10.2. The van der Waals surface area contributed by atoms with Crippen LogP contribution < -0.4 is 15.4 Å². The van der Waals surface area contributed by atoms with Crippen LogP contribution in [0.2, 0.25) is 0 Å². The van der Waals surface area contributed by atoms with Crippen molar-refractivity contribution in [1.82, 2.24) is 10.3 Å². The predicted octanol–water partition coefficient (Wildman–Crippen LogP) is 1.39. The fraction of sp³-hybridized carbons (Fsp3) is 0.571. The minimum absolute atomic E-state index is 0.00163. The van der Waals surface area contributed by atoms with E-state index in [0.717, 1.165) is 6.42 Å². The van der Waals surface area contributed by atoms with E-state index in [1.807, 2.05) is 6.92 Å². The number of aliphatic hydroxyl groups excluding tert-OH is 1. The highest BCUT2D eigenvalue weighted by Gasteiger charge is 2.07. The summed E-state index contributed by atoms with van der Waals surface area (Å²) >= 11 is 0. The van der Waals surface area contributed by atoms with Gasteiger partial charge in [-0.25, -0.2) is 9.78 Å². The predicted molar refractivity (Wildman–Crippen MR) is 79.5 cm³/mol. The normalized spacial score (nSPS) is 11.8. The molecule has 0 aromatic carbocycles. The number of carbonyl (C=O) groups is 1. The van der Waals surface area contributed by atoms with Crippen LogP contribution in [0.25, 0.3) is 0 Å². The minimum atomic E-state index is -0.296. The number of hydrogen-bond acceptors (Lipinski definition) is 5. The molecule has 0 unspecified atom stereocenters. The molecule has 0 aliphatic heterocycles. The highest BCUT2D eigenvalue weighted by Crippen LogP contribution is 2.11. The van der Waals surface area contributed by atoms with Gasteiger partial charge in [0, 0.05) is 25.8 Å². The van der Waals surface area contributed by atoms with Crippen LogP contribution in [0, 0.1) is 0 Å². The summed E-state index contributed by atoms with van der Waals surface area (Å²) < 4.78 is 10.2. The molecule has 118 valence electrons. The smallest absolute Gasteiger partial charge is 0.319 e. The van der Waals surface area contributed by atoms with Crippen molar-refractivity contribution in [2.75, 3.05) is 32.2 Å². The molecule has 0 radical (unpaired) electrons. The number of nitrogens with one attached hydrogen (secondary N) is 2. The number of methoxy groups -OCH3 is 1. The van der Waals surface area contributed by atoms with Gasteiger partial charge in [0.15, 0.2) is 0 Å². The molecule has 0 saturated carbocycles. The van der Waals surface area contributed by atoms with Crippen molar-refractivity contribution in [1.29, 1.82) is 0 Å². The number of urea groups is 1. The first kappa shape index (κ1) is 17.2. The van der Waals surface area contributed by atoms with Crippen LogP contribution in [-0.2, 0) is 4.74 Å². The monoisotopic (exact) mass is 297 g/mol. The Hall–Kier alpha value is -1.86. The third-order valence-electron chi connectivity index (χ3n) is 2.70. The number of pyridine rings is 1. The average Bonchev–Trinajstić information content (AvgIpc) is 2.47. The van der Waals surface area contributed by atoms with E-state index in [4.69, 9.17) is 14.6 Å². The zero-order valence-corrected chi connectivity index (χ0v) is 12.5. The SMILES string of the molecule is COCCOc1ccc(NC(=O)N[C@H](C)CCCO)cn1. The summed E-state index contributed by atoms with van der Waals surface area (Å²) in [7, 11) is 1.60. The van der Waals surface area contributed by atoms with E-state index in [0.29, 0.717) is 31.2 Å². The molecular weight excluding hydrogens is 274 g/mol. The summed E-state index contributed by atoms with van der Waals surface area (Å²) in [5.74, 6) is 0.481. The quantitative estimate of drug-likeness (QED) is 0.599. The Balaban J connectivity index is 2.35. The molecule has 1 rings (SSSR count). The van der Waals surface area contributed by atoms with Crippen LogP contribution in [0.4, 0.5) is 10.5 Å². The molecular formula is C14H23N3O4. The van der Waals surface area contributed by atoms with Gasteiger partial charge in [-0.05, 0) is 25.8 Å². The second-order valence-corrected chi connectivity index (χ2v) is 4.59. The van der Waals surface area contributed by atoms with Gasteiger partial charge in [-0.1, -0.05) is 0 Å². The molecule has 0 bridgehead atoms. The van der Waals surface area contributed by atoms with Crippen molar-refractivity contribution in [2.45, 2.75) is 25.8 Å². The number of aliphatic hydroxyl groups is 1. The summed E-state index contributed by atoms with van der Waals surface area (Å²) in [5, 5.41) is 14.2. The Bertz CT molecular complexity index is 411. The van der Waals surface area contributed by atoms with E-state index in [1.54, 1.807) is 19.2 Å². The third kappa shape index (κ3) is 7.48. The molecule has 0 aliphatic carbocycles. The van der Waals surface area contributed by atoms with E-state index in [9.17, 15) is 4.79 Å². The van der Waals surface area contributed by atoms with Crippen LogP contribution in [0.5, 0.6) is 5.88 Å². The molecule has 21 heavy (non-hydrogen) atoms. The Morgan fingerprint density at radius 1 is 1.43 bits per heavy atom. The van der Waals surface area contributed by atoms with Crippen molar-refractivity contribution < 1.29 is 19.4 Å². The zero-order valence-electron chi connectivity index (χ0n) is 12.5. The molecule has 2 amide bonds. The molecule has 1 aromatic rings. The molecule has 0 saturated heterocycles. The summed E-state index contributed by atoms with van der Waals surface area (Å²) in [6.07, 6.45) is 2.92. The van der Waals surface area contributed by atoms with Crippen LogP contribution in [0.15, 0.2) is 18.3 Å². The molecule has 0 aliphatic rings. The molecule has 7 heteroatoms. The maximum Gasteiger partial charge on any atom is 0.319 e. The topological polar surface area (TPSA) is 92.7 Å². The van der Waals surface area contributed by atoms with Gasteiger partial charge < -0.3 is 25.2 Å². The highest BCUT2D eigenvalue weighted by atomic mass is 16.5. The maximum absolute atomic E-state index is 11.7. The van der Waals surface area contributed by atoms with Gasteiger partial charge in [0.1, 0.15) is 6.61 Å². The van der Waals surface area contributed by atoms with Gasteiger partial charge in [0.05, 0.1) is 18.5 Å². The molecule has 0 fully saturated rings. The molecule has 0 spiro atoms. The van der Waals surface area contributed by atoms with Crippen LogP contribution in [-0.4, -0.2) is 49.1 Å². The average molecular weight is 297 g/mol. The van der Waals surface area contributed by atoms with E-state index >= 15 is 0 Å². The standard InChI is InChI=1S/C14H23N3O4/c1-11(4-3-7-18)16-14(19)17-12-5-6-13(15-10-12)21-9-8-20-2/h5-6,10-11,18H,3-4,7-9H2,1-2H3,(H2,16,17,19)/t11-/m1/s1. The van der Waals surface area contributed by atoms with Gasteiger partial charge in [0.25, 0.3) is 0 Å². The van der Waals surface area contributed by atoms with Gasteiger partial charge >= 0.3 is 6.03 Å². The lowest BCUT2D eigenvalue weighted by atomic mass is 10.2. The molecule has 1 aromatic heterocycles. The number of carbonyl (C=O) groups excluding carboxylic acids is 1. The third-order valence-corrected chi connectivity index (χ3v) is 2.70. The Morgan fingerprint density at radius 3 is 2.86 bits per heavy atom. The second kappa shape index (κ2) is 9.95. The van der Waals surface area contributed by atoms with Crippen molar-refractivity contribution >= 4 is 11.7 Å². The number of nitrogens with zero attached hydrogens (tertiary/aromatic N) is 1. The zero-order chi connectivity index (χ0) is 15.5. The first-order valence-electron chi connectivity index (χ1n) is 6.92. The number of anilines is 1. The van der Waals surface area contributed by atoms with Crippen molar-refractivity contribution in [2.24, 2.45) is 0 Å². The fourth-order valence-corrected chi connectivity index (χ4v) is 1.63. The molecule has 1 atom stereocenters. The molecule has 7 nitrogen and oxygen atoms in total. The lowest BCUT2D eigenvalue weighted by Crippen LogP contribution is -2.36. The summed E-state index contributed by atoms with van der Waals surface area (Å²) in [6.45, 7) is 2.94. The van der Waals surface area contributed by atoms with Crippen molar-refractivity contribution in [3.63, 3.8) is 0 Å². The van der Waals surface area contributed by atoms with Crippen LogP contribution in [0.3, 0.4) is 0 Å². The van der Waals surface area contributed by atoms with E-state index in [2.05, 4.69) is 15.6 Å². The maximum atomic E-state index is 11.7. The second-order valence-electron chi connectivity index (χ2n) is 4.59. The summed E-state index contributed by atoms with van der Waals surface area (Å²) in [6, 6.07) is 3.10. The number of amides is 2. The highest BCUT2D eigenvalue weighted by molar-refractivity contribution is 5.89. The summed E-state index contributed by atoms with van der Waals surface area (Å²) in [4.78, 5) is 15.8. The number of ether oxygens (including phenoxy) is 2. The fourth-order valence-electron chi connectivity index (χ4n) is 1.63. The molecule has 1 heterocycles. The van der Waals surface area contributed by atoms with Gasteiger partial charge in [0.2, 0.25) is 5.88 Å². The van der Waals surface area contributed by atoms with Crippen LogP contribution in [0.1, 0.15) is 19.8 Å². The van der Waals surface area contributed by atoms with Crippen molar-refractivity contribution in [3.8, 4) is 5.88 Å². The van der Waals surface area contributed by atoms with Gasteiger partial charge in [-0.15, -0.1) is 0 Å². The van der Waals surface area contributed by atoms with E-state index in [1.165, 1.54) is 6.20 Å². The number of rotatable bonds is 9. The number of hydrogen-bond donors (Lipinski definition) is 3. The Morgan fingerprint density at radius 2 is 2.24 bits per heavy atom. The van der Waals surface area contributed by atoms with Gasteiger partial charge in [-0.2, -0.15) is 0 Å². The lowest BCUT2D eigenvalue weighted by molar-refractivity contribution is 0.144. The largest absolute Gasteiger partial charge is 0.475 e. The number of aromatic nitrogens is 1. The lowest BCUT2D eigenvalue weighted by Gasteiger charge is -2.14.